The zero-order valence-electron chi connectivity index (χ0n) is 13.4. The Morgan fingerprint density at radius 2 is 1.87 bits per heavy atom. The molecule has 2 aromatic rings. The van der Waals surface area contributed by atoms with E-state index in [2.05, 4.69) is 24.4 Å². The van der Waals surface area contributed by atoms with Crippen LogP contribution in [0.2, 0.25) is 10.0 Å². The summed E-state index contributed by atoms with van der Waals surface area (Å²) in [7, 11) is 1.93. The van der Waals surface area contributed by atoms with Crippen molar-refractivity contribution in [2.75, 3.05) is 12.4 Å². The van der Waals surface area contributed by atoms with E-state index in [0.717, 1.165) is 0 Å². The maximum atomic E-state index is 12.4. The maximum absolute atomic E-state index is 12.4. The van der Waals surface area contributed by atoms with Gasteiger partial charge in [0.2, 0.25) is 5.91 Å². The van der Waals surface area contributed by atoms with Gasteiger partial charge in [-0.3, -0.25) is 9.69 Å². The summed E-state index contributed by atoms with van der Waals surface area (Å²) in [6, 6.07) is 13.0. The lowest BCUT2D eigenvalue weighted by molar-refractivity contribution is -0.120. The van der Waals surface area contributed by atoms with Crippen LogP contribution in [0, 0.1) is 6.92 Å². The number of aryl methyl sites for hydroxylation is 1. The Balaban J connectivity index is 2.04. The van der Waals surface area contributed by atoms with E-state index in [-0.39, 0.29) is 11.9 Å². The summed E-state index contributed by atoms with van der Waals surface area (Å²) in [6.07, 6.45) is 0. The van der Waals surface area contributed by atoms with E-state index in [4.69, 9.17) is 23.2 Å². The van der Waals surface area contributed by atoms with Crippen molar-refractivity contribution in [3.63, 3.8) is 0 Å². The number of carbonyl (C=O) groups excluding carboxylic acids is 1. The first-order valence-electron chi connectivity index (χ1n) is 7.39. The number of rotatable bonds is 5. The fraction of sp³-hybridized carbons (Fsp3) is 0.278. The molecule has 1 N–H and O–H groups in total. The number of hydrogen-bond donors (Lipinski definition) is 1. The highest BCUT2D eigenvalue weighted by atomic mass is 35.5. The second kappa shape index (κ2) is 7.82. The third kappa shape index (κ3) is 4.47. The zero-order valence-corrected chi connectivity index (χ0v) is 14.9. The summed E-state index contributed by atoms with van der Waals surface area (Å²) >= 11 is 12.1. The average Bonchev–Trinajstić information content (AvgIpc) is 2.53. The number of hydrogen-bond acceptors (Lipinski definition) is 2. The summed E-state index contributed by atoms with van der Waals surface area (Å²) in [5, 5.41) is 3.61. The number of nitrogens with zero attached hydrogens (tertiary/aromatic N) is 1. The molecule has 0 fully saturated rings. The smallest absolute Gasteiger partial charge is 0.241 e. The van der Waals surface area contributed by atoms with E-state index in [0.29, 0.717) is 22.3 Å². The molecule has 2 rings (SSSR count). The van der Waals surface area contributed by atoms with Crippen LogP contribution in [0.15, 0.2) is 42.5 Å². The third-order valence-corrected chi connectivity index (χ3v) is 4.75. The van der Waals surface area contributed by atoms with E-state index >= 15 is 0 Å². The first kappa shape index (κ1) is 17.8. The highest BCUT2D eigenvalue weighted by Gasteiger charge is 2.19. The molecule has 1 atom stereocenters. The van der Waals surface area contributed by atoms with Crippen LogP contribution in [0.25, 0.3) is 0 Å². The van der Waals surface area contributed by atoms with Gasteiger partial charge >= 0.3 is 0 Å². The summed E-state index contributed by atoms with van der Waals surface area (Å²) in [4.78, 5) is 14.4. The molecule has 0 heterocycles. The SMILES string of the molecule is Cc1ccccc1CN(C)C(C)C(=O)Nc1cccc(Cl)c1Cl. The first-order chi connectivity index (χ1) is 10.9. The van der Waals surface area contributed by atoms with Gasteiger partial charge in [0.1, 0.15) is 0 Å². The fourth-order valence-electron chi connectivity index (χ4n) is 2.23. The van der Waals surface area contributed by atoms with Gasteiger partial charge in [0.15, 0.2) is 0 Å². The van der Waals surface area contributed by atoms with E-state index in [1.807, 2.05) is 31.0 Å². The highest BCUT2D eigenvalue weighted by Crippen LogP contribution is 2.29. The Bertz CT molecular complexity index is 703. The molecule has 1 unspecified atom stereocenters. The van der Waals surface area contributed by atoms with Gasteiger partial charge in [-0.05, 0) is 44.2 Å². The molecule has 23 heavy (non-hydrogen) atoms. The van der Waals surface area contributed by atoms with E-state index < -0.39 is 0 Å². The van der Waals surface area contributed by atoms with Gasteiger partial charge in [-0.15, -0.1) is 0 Å². The standard InChI is InChI=1S/C18H20Cl2N2O/c1-12-7-4-5-8-14(12)11-22(3)13(2)18(23)21-16-10-6-9-15(19)17(16)20/h4-10,13H,11H2,1-3H3,(H,21,23). The monoisotopic (exact) mass is 350 g/mol. The number of likely N-dealkylation sites (N-methyl/N-ethyl adjacent to an activating group) is 1. The van der Waals surface area contributed by atoms with Gasteiger partial charge in [0.05, 0.1) is 21.8 Å². The Morgan fingerprint density at radius 1 is 1.17 bits per heavy atom. The predicted octanol–water partition coefficient (Wildman–Crippen LogP) is 4.76. The molecule has 5 heteroatoms. The van der Waals surface area contributed by atoms with E-state index in [9.17, 15) is 4.79 Å². The summed E-state index contributed by atoms with van der Waals surface area (Å²) in [5.74, 6) is -0.120. The average molecular weight is 351 g/mol. The van der Waals surface area contributed by atoms with Gasteiger partial charge < -0.3 is 5.32 Å². The van der Waals surface area contributed by atoms with Crippen LogP contribution < -0.4 is 5.32 Å². The molecule has 0 aliphatic carbocycles. The van der Waals surface area contributed by atoms with Crippen molar-refractivity contribution in [2.24, 2.45) is 0 Å². The molecular weight excluding hydrogens is 331 g/mol. The van der Waals surface area contributed by atoms with Gasteiger partial charge in [0, 0.05) is 6.54 Å². The van der Waals surface area contributed by atoms with Crippen molar-refractivity contribution in [1.29, 1.82) is 0 Å². The Hall–Kier alpha value is -1.55. The van der Waals surface area contributed by atoms with Crippen molar-refractivity contribution in [2.45, 2.75) is 26.4 Å². The van der Waals surface area contributed by atoms with Crippen molar-refractivity contribution in [1.82, 2.24) is 4.90 Å². The van der Waals surface area contributed by atoms with Crippen LogP contribution in [0.1, 0.15) is 18.1 Å². The topological polar surface area (TPSA) is 32.3 Å². The zero-order chi connectivity index (χ0) is 17.0. The van der Waals surface area contributed by atoms with E-state index in [1.54, 1.807) is 18.2 Å². The summed E-state index contributed by atoms with van der Waals surface area (Å²) in [6.45, 7) is 4.64. The van der Waals surface area contributed by atoms with Crippen molar-refractivity contribution >= 4 is 34.8 Å². The maximum Gasteiger partial charge on any atom is 0.241 e. The third-order valence-electron chi connectivity index (χ3n) is 3.93. The van der Waals surface area contributed by atoms with Crippen LogP contribution >= 0.6 is 23.2 Å². The number of carbonyl (C=O) groups is 1. The van der Waals surface area contributed by atoms with Crippen LogP contribution in [0.5, 0.6) is 0 Å². The molecule has 1 amide bonds. The quantitative estimate of drug-likeness (QED) is 0.842. The van der Waals surface area contributed by atoms with Gasteiger partial charge in [-0.2, -0.15) is 0 Å². The molecule has 0 bridgehead atoms. The van der Waals surface area contributed by atoms with Crippen molar-refractivity contribution in [3.8, 4) is 0 Å². The summed E-state index contributed by atoms with van der Waals surface area (Å²) < 4.78 is 0. The lowest BCUT2D eigenvalue weighted by atomic mass is 10.1. The molecular formula is C18H20Cl2N2O. The molecule has 0 aromatic heterocycles. The molecule has 0 aliphatic heterocycles. The molecule has 0 spiro atoms. The van der Waals surface area contributed by atoms with Crippen LogP contribution in [-0.2, 0) is 11.3 Å². The number of anilines is 1. The Morgan fingerprint density at radius 3 is 2.57 bits per heavy atom. The Kier molecular flexibility index (Phi) is 6.05. The second-order valence-electron chi connectivity index (χ2n) is 5.61. The normalized spacial score (nSPS) is 12.3. The van der Waals surface area contributed by atoms with Crippen molar-refractivity contribution < 1.29 is 4.79 Å². The number of amides is 1. The van der Waals surface area contributed by atoms with E-state index in [1.165, 1.54) is 11.1 Å². The van der Waals surface area contributed by atoms with Gasteiger partial charge in [0.25, 0.3) is 0 Å². The minimum Gasteiger partial charge on any atom is -0.323 e. The minimum atomic E-state index is -0.301. The Labute approximate surface area is 147 Å². The molecule has 0 saturated heterocycles. The molecule has 0 saturated carbocycles. The largest absolute Gasteiger partial charge is 0.323 e. The van der Waals surface area contributed by atoms with Crippen LogP contribution in [0.3, 0.4) is 0 Å². The highest BCUT2D eigenvalue weighted by molar-refractivity contribution is 6.44. The first-order valence-corrected chi connectivity index (χ1v) is 8.15. The summed E-state index contributed by atoms with van der Waals surface area (Å²) in [5.41, 5.74) is 2.94. The van der Waals surface area contributed by atoms with Crippen LogP contribution in [0.4, 0.5) is 5.69 Å². The number of nitrogens with one attached hydrogen (secondary N) is 1. The van der Waals surface area contributed by atoms with Gasteiger partial charge in [-0.25, -0.2) is 0 Å². The number of halogens is 2. The molecule has 0 aliphatic rings. The molecule has 2 aromatic carbocycles. The lowest BCUT2D eigenvalue weighted by Gasteiger charge is -2.25. The van der Waals surface area contributed by atoms with Crippen LogP contribution in [-0.4, -0.2) is 23.9 Å². The molecule has 122 valence electrons. The predicted molar refractivity (Wildman–Crippen MR) is 97.2 cm³/mol. The minimum absolute atomic E-state index is 0.120. The molecule has 3 nitrogen and oxygen atoms in total. The van der Waals surface area contributed by atoms with Crippen molar-refractivity contribution in [3.05, 3.63) is 63.6 Å². The fourth-order valence-corrected chi connectivity index (χ4v) is 2.58. The molecule has 0 radical (unpaired) electrons. The van der Waals surface area contributed by atoms with Gasteiger partial charge in [-0.1, -0.05) is 53.5 Å². The second-order valence-corrected chi connectivity index (χ2v) is 6.39. The lowest BCUT2D eigenvalue weighted by Crippen LogP contribution is -2.39. The number of benzene rings is 2.